The molecule has 5 rings (SSSR count). The molecule has 32 heavy (non-hydrogen) atoms. The van der Waals surface area contributed by atoms with Crippen molar-refractivity contribution in [2.75, 3.05) is 12.4 Å². The fraction of sp³-hybridized carbons (Fsp3) is 0.130. The number of halogens is 1. The molecule has 1 atom stereocenters. The van der Waals surface area contributed by atoms with E-state index in [4.69, 9.17) is 4.74 Å². The number of aromatic nitrogens is 5. The molecular weight excluding hydrogens is 411 g/mol. The summed E-state index contributed by atoms with van der Waals surface area (Å²) in [5.74, 6) is 0.546. The highest BCUT2D eigenvalue weighted by Crippen LogP contribution is 2.31. The van der Waals surface area contributed by atoms with E-state index in [0.717, 1.165) is 11.3 Å². The highest BCUT2D eigenvalue weighted by atomic mass is 19.1. The van der Waals surface area contributed by atoms with Crippen LogP contribution in [-0.4, -0.2) is 37.4 Å². The Hall–Kier alpha value is -4.27. The SMILES string of the molecule is COc1ccc(-c2cc(NC(=O)c3cnn4cccnc34)n(C3C=CC=C(F)C3)n2)cc1. The molecule has 1 unspecified atom stereocenters. The van der Waals surface area contributed by atoms with Gasteiger partial charge >= 0.3 is 0 Å². The number of ether oxygens (including phenoxy) is 1. The quantitative estimate of drug-likeness (QED) is 0.513. The minimum absolute atomic E-state index is 0.154. The van der Waals surface area contributed by atoms with E-state index in [1.807, 2.05) is 30.3 Å². The van der Waals surface area contributed by atoms with Crippen LogP contribution in [0.2, 0.25) is 0 Å². The van der Waals surface area contributed by atoms with Crippen LogP contribution in [0.25, 0.3) is 16.9 Å². The third-order valence-corrected chi connectivity index (χ3v) is 5.22. The van der Waals surface area contributed by atoms with Crippen LogP contribution in [0.1, 0.15) is 22.8 Å². The number of fused-ring (bicyclic) bond motifs is 1. The van der Waals surface area contributed by atoms with E-state index >= 15 is 0 Å². The van der Waals surface area contributed by atoms with Gasteiger partial charge in [0.1, 0.15) is 23.0 Å². The van der Waals surface area contributed by atoms with Crippen molar-refractivity contribution < 1.29 is 13.9 Å². The summed E-state index contributed by atoms with van der Waals surface area (Å²) >= 11 is 0. The third kappa shape index (κ3) is 3.64. The Morgan fingerprint density at radius 1 is 1.28 bits per heavy atom. The average molecular weight is 430 g/mol. The molecule has 1 aromatic carbocycles. The lowest BCUT2D eigenvalue weighted by Gasteiger charge is -2.18. The van der Waals surface area contributed by atoms with Crippen molar-refractivity contribution in [3.05, 3.63) is 84.6 Å². The minimum atomic E-state index is -0.378. The second-order valence-corrected chi connectivity index (χ2v) is 7.26. The zero-order valence-electron chi connectivity index (χ0n) is 17.1. The fourth-order valence-corrected chi connectivity index (χ4v) is 3.61. The molecule has 0 spiro atoms. The van der Waals surface area contributed by atoms with Crippen LogP contribution in [-0.2, 0) is 0 Å². The van der Waals surface area contributed by atoms with E-state index in [1.165, 1.54) is 16.8 Å². The van der Waals surface area contributed by atoms with E-state index in [0.29, 0.717) is 22.7 Å². The first-order valence-corrected chi connectivity index (χ1v) is 9.99. The lowest BCUT2D eigenvalue weighted by molar-refractivity contribution is 0.102. The van der Waals surface area contributed by atoms with Crippen molar-refractivity contribution in [3.63, 3.8) is 0 Å². The molecule has 1 aliphatic carbocycles. The predicted octanol–water partition coefficient (Wildman–Crippen LogP) is 4.21. The summed E-state index contributed by atoms with van der Waals surface area (Å²) in [6.07, 6.45) is 9.86. The second-order valence-electron chi connectivity index (χ2n) is 7.26. The van der Waals surface area contributed by atoms with E-state index in [1.54, 1.807) is 42.4 Å². The van der Waals surface area contributed by atoms with Crippen molar-refractivity contribution in [3.8, 4) is 17.0 Å². The topological polar surface area (TPSA) is 86.3 Å². The van der Waals surface area contributed by atoms with Gasteiger partial charge in [-0.05, 0) is 36.4 Å². The number of rotatable bonds is 5. The minimum Gasteiger partial charge on any atom is -0.497 e. The van der Waals surface area contributed by atoms with Crippen molar-refractivity contribution >= 4 is 17.4 Å². The van der Waals surface area contributed by atoms with E-state index < -0.39 is 0 Å². The largest absolute Gasteiger partial charge is 0.497 e. The van der Waals surface area contributed by atoms with Gasteiger partial charge in [0.15, 0.2) is 5.65 Å². The van der Waals surface area contributed by atoms with Gasteiger partial charge in [-0.3, -0.25) is 4.79 Å². The summed E-state index contributed by atoms with van der Waals surface area (Å²) in [7, 11) is 1.60. The zero-order chi connectivity index (χ0) is 22.1. The number of benzene rings is 1. The van der Waals surface area contributed by atoms with E-state index in [9.17, 15) is 9.18 Å². The van der Waals surface area contributed by atoms with Gasteiger partial charge in [0.05, 0.1) is 25.0 Å². The number of nitrogens with zero attached hydrogens (tertiary/aromatic N) is 5. The molecule has 1 amide bonds. The van der Waals surface area contributed by atoms with Gasteiger partial charge < -0.3 is 10.1 Å². The highest BCUT2D eigenvalue weighted by molar-refractivity contribution is 6.07. The molecule has 0 saturated carbocycles. The van der Waals surface area contributed by atoms with Crippen LogP contribution in [0.15, 0.2) is 79.0 Å². The highest BCUT2D eigenvalue weighted by Gasteiger charge is 2.22. The first-order chi connectivity index (χ1) is 15.6. The Bertz CT molecular complexity index is 1350. The first-order valence-electron chi connectivity index (χ1n) is 9.99. The number of hydrogen-bond donors (Lipinski definition) is 1. The summed E-state index contributed by atoms with van der Waals surface area (Å²) in [6, 6.07) is 10.6. The Balaban J connectivity index is 1.52. The Kier molecular flexibility index (Phi) is 4.98. The van der Waals surface area contributed by atoms with Crippen LogP contribution >= 0.6 is 0 Å². The maximum absolute atomic E-state index is 14.0. The van der Waals surface area contributed by atoms with Crippen molar-refractivity contribution in [2.24, 2.45) is 0 Å². The molecule has 4 aromatic rings. The number of allylic oxidation sites excluding steroid dienone is 4. The molecule has 0 fully saturated rings. The number of carbonyl (C=O) groups is 1. The molecule has 160 valence electrons. The molecule has 9 heteroatoms. The third-order valence-electron chi connectivity index (χ3n) is 5.22. The molecule has 1 aliphatic rings. The maximum Gasteiger partial charge on any atom is 0.262 e. The van der Waals surface area contributed by atoms with Gasteiger partial charge in [0.25, 0.3) is 5.91 Å². The number of nitrogens with one attached hydrogen (secondary N) is 1. The van der Waals surface area contributed by atoms with Crippen molar-refractivity contribution in [1.29, 1.82) is 0 Å². The first kappa shape index (κ1) is 19.7. The number of methoxy groups -OCH3 is 1. The summed E-state index contributed by atoms with van der Waals surface area (Å²) < 4.78 is 22.3. The van der Waals surface area contributed by atoms with Crippen LogP contribution in [0.4, 0.5) is 10.2 Å². The summed E-state index contributed by atoms with van der Waals surface area (Å²) in [5.41, 5.74) is 2.25. The summed E-state index contributed by atoms with van der Waals surface area (Å²) in [4.78, 5) is 17.3. The van der Waals surface area contributed by atoms with Gasteiger partial charge in [0, 0.05) is 30.4 Å². The Labute approximate surface area is 182 Å². The molecule has 3 aromatic heterocycles. The molecule has 0 radical (unpaired) electrons. The Morgan fingerprint density at radius 3 is 2.91 bits per heavy atom. The number of amides is 1. The monoisotopic (exact) mass is 430 g/mol. The standard InChI is InChI=1S/C23H19FN6O2/c1-32-18-8-6-15(7-9-18)20-13-21(30(28-20)17-5-2-4-16(24)12-17)27-23(31)19-14-26-29-11-3-10-25-22(19)29/h2-11,13-14,17H,12H2,1H3,(H,27,31). The predicted molar refractivity (Wildman–Crippen MR) is 117 cm³/mol. The maximum atomic E-state index is 14.0. The van der Waals surface area contributed by atoms with Gasteiger partial charge in [0.2, 0.25) is 0 Å². The second kappa shape index (κ2) is 8.10. The smallest absolute Gasteiger partial charge is 0.262 e. The van der Waals surface area contributed by atoms with Gasteiger partial charge in [-0.15, -0.1) is 0 Å². The summed E-state index contributed by atoms with van der Waals surface area (Å²) in [5, 5.41) is 11.7. The van der Waals surface area contributed by atoms with Gasteiger partial charge in [-0.25, -0.2) is 18.6 Å². The van der Waals surface area contributed by atoms with E-state index in [-0.39, 0.29) is 24.2 Å². The molecule has 0 aliphatic heterocycles. The van der Waals surface area contributed by atoms with Crippen LogP contribution in [0, 0.1) is 0 Å². The fourth-order valence-electron chi connectivity index (χ4n) is 3.61. The molecule has 0 bridgehead atoms. The number of carbonyl (C=O) groups excluding carboxylic acids is 1. The number of hydrogen-bond acceptors (Lipinski definition) is 5. The molecular formula is C23H19FN6O2. The van der Waals surface area contributed by atoms with Crippen molar-refractivity contribution in [1.82, 2.24) is 24.4 Å². The number of anilines is 1. The van der Waals surface area contributed by atoms with Crippen LogP contribution < -0.4 is 10.1 Å². The zero-order valence-corrected chi connectivity index (χ0v) is 17.1. The molecule has 0 saturated heterocycles. The molecule has 1 N–H and O–H groups in total. The average Bonchev–Trinajstić information content (AvgIpc) is 3.44. The normalized spacial score (nSPS) is 15.6. The lowest BCUT2D eigenvalue weighted by atomic mass is 10.1. The summed E-state index contributed by atoms with van der Waals surface area (Å²) in [6.45, 7) is 0. The van der Waals surface area contributed by atoms with Gasteiger partial charge in [-0.1, -0.05) is 12.2 Å². The van der Waals surface area contributed by atoms with Crippen molar-refractivity contribution in [2.45, 2.75) is 12.5 Å². The van der Waals surface area contributed by atoms with Crippen LogP contribution in [0.5, 0.6) is 5.75 Å². The van der Waals surface area contributed by atoms with E-state index in [2.05, 4.69) is 20.5 Å². The van der Waals surface area contributed by atoms with Gasteiger partial charge in [-0.2, -0.15) is 10.2 Å². The molecule has 8 nitrogen and oxygen atoms in total. The van der Waals surface area contributed by atoms with Crippen LogP contribution in [0.3, 0.4) is 0 Å². The Morgan fingerprint density at radius 2 is 2.12 bits per heavy atom. The lowest BCUT2D eigenvalue weighted by Crippen LogP contribution is -2.19. The molecule has 3 heterocycles.